The maximum atomic E-state index is 12.4. The number of hydrogen-bond acceptors (Lipinski definition) is 3. The molecule has 0 aromatic heterocycles. The summed E-state index contributed by atoms with van der Waals surface area (Å²) in [4.78, 5) is 26.1. The maximum Gasteiger partial charge on any atom is 0.410 e. The predicted molar refractivity (Wildman–Crippen MR) is 95.6 cm³/mol. The molecular formula is C17H22Cl2N2O3. The lowest BCUT2D eigenvalue weighted by molar-refractivity contribution is -0.121. The topological polar surface area (TPSA) is 58.6 Å². The predicted octanol–water partition coefficient (Wildman–Crippen LogP) is 4.58. The summed E-state index contributed by atoms with van der Waals surface area (Å²) in [7, 11) is 0. The fraction of sp³-hybridized carbons (Fsp3) is 0.529. The largest absolute Gasteiger partial charge is 0.444 e. The van der Waals surface area contributed by atoms with Gasteiger partial charge in [0.05, 0.1) is 15.7 Å². The third-order valence-corrected chi connectivity index (χ3v) is 4.55. The summed E-state index contributed by atoms with van der Waals surface area (Å²) in [5.41, 5.74) is -0.0158. The van der Waals surface area contributed by atoms with Gasteiger partial charge in [-0.3, -0.25) is 4.79 Å². The highest BCUT2D eigenvalue weighted by Gasteiger charge is 2.30. The first-order valence-corrected chi connectivity index (χ1v) is 8.66. The van der Waals surface area contributed by atoms with E-state index in [1.807, 2.05) is 20.8 Å². The molecule has 1 aromatic rings. The number of carbonyl (C=O) groups is 2. The van der Waals surface area contributed by atoms with Crippen molar-refractivity contribution in [3.8, 4) is 0 Å². The number of hydrogen-bond donors (Lipinski definition) is 1. The number of nitrogens with zero attached hydrogens (tertiary/aromatic N) is 1. The zero-order valence-electron chi connectivity index (χ0n) is 14.1. The second kappa shape index (κ2) is 7.62. The SMILES string of the molecule is CC(C)(C)OC(=O)N1CCC(C(=O)Nc2cccc(Cl)c2Cl)CC1. The second-order valence-corrected chi connectivity index (χ2v) is 7.62. The number of rotatable bonds is 2. The molecule has 1 aromatic carbocycles. The van der Waals surface area contributed by atoms with Crippen molar-refractivity contribution in [2.24, 2.45) is 5.92 Å². The molecule has 1 aliphatic rings. The summed E-state index contributed by atoms with van der Waals surface area (Å²) in [6.07, 6.45) is 0.839. The van der Waals surface area contributed by atoms with Gasteiger partial charge >= 0.3 is 6.09 Å². The van der Waals surface area contributed by atoms with Crippen molar-refractivity contribution in [1.82, 2.24) is 4.90 Å². The van der Waals surface area contributed by atoms with Crippen LogP contribution in [0.4, 0.5) is 10.5 Å². The van der Waals surface area contributed by atoms with Crippen LogP contribution < -0.4 is 5.32 Å². The Morgan fingerprint density at radius 3 is 2.42 bits per heavy atom. The van der Waals surface area contributed by atoms with Crippen LogP contribution in [0.5, 0.6) is 0 Å². The molecule has 0 bridgehead atoms. The molecule has 0 atom stereocenters. The van der Waals surface area contributed by atoms with Crippen LogP contribution in [-0.4, -0.2) is 35.6 Å². The number of anilines is 1. The van der Waals surface area contributed by atoms with E-state index in [2.05, 4.69) is 5.32 Å². The molecular weight excluding hydrogens is 351 g/mol. The average Bonchev–Trinajstić information content (AvgIpc) is 2.50. The van der Waals surface area contributed by atoms with Crippen molar-refractivity contribution in [3.63, 3.8) is 0 Å². The molecule has 0 unspecified atom stereocenters. The molecule has 0 saturated carbocycles. The van der Waals surface area contributed by atoms with Crippen molar-refractivity contribution in [2.45, 2.75) is 39.2 Å². The lowest BCUT2D eigenvalue weighted by Crippen LogP contribution is -2.43. The lowest BCUT2D eigenvalue weighted by atomic mass is 9.96. The van der Waals surface area contributed by atoms with Gasteiger partial charge in [-0.05, 0) is 45.7 Å². The standard InChI is InChI=1S/C17H22Cl2N2O3/c1-17(2,3)24-16(23)21-9-7-11(8-10-21)15(22)20-13-6-4-5-12(18)14(13)19/h4-6,11H,7-10H2,1-3H3,(H,20,22). The Bertz CT molecular complexity index is 621. The summed E-state index contributed by atoms with van der Waals surface area (Å²) in [6, 6.07) is 5.11. The Kier molecular flexibility index (Phi) is 5.99. The summed E-state index contributed by atoms with van der Waals surface area (Å²) < 4.78 is 5.35. The van der Waals surface area contributed by atoms with Crippen LogP contribution in [0.25, 0.3) is 0 Å². The van der Waals surface area contributed by atoms with Gasteiger partial charge in [-0.2, -0.15) is 0 Å². The fourth-order valence-electron chi connectivity index (χ4n) is 2.49. The van der Waals surface area contributed by atoms with Gasteiger partial charge in [0.15, 0.2) is 0 Å². The molecule has 0 spiro atoms. The van der Waals surface area contributed by atoms with Crippen molar-refractivity contribution < 1.29 is 14.3 Å². The van der Waals surface area contributed by atoms with E-state index in [9.17, 15) is 9.59 Å². The van der Waals surface area contributed by atoms with E-state index in [4.69, 9.17) is 27.9 Å². The van der Waals surface area contributed by atoms with Crippen molar-refractivity contribution in [3.05, 3.63) is 28.2 Å². The zero-order valence-corrected chi connectivity index (χ0v) is 15.6. The molecule has 2 amide bonds. The van der Waals surface area contributed by atoms with Crippen LogP contribution >= 0.6 is 23.2 Å². The molecule has 7 heteroatoms. The minimum absolute atomic E-state index is 0.108. The number of amides is 2. The molecule has 1 aliphatic heterocycles. The lowest BCUT2D eigenvalue weighted by Gasteiger charge is -2.33. The minimum Gasteiger partial charge on any atom is -0.444 e. The smallest absolute Gasteiger partial charge is 0.410 e. The molecule has 1 heterocycles. The van der Waals surface area contributed by atoms with E-state index in [1.54, 1.807) is 23.1 Å². The van der Waals surface area contributed by atoms with E-state index in [-0.39, 0.29) is 17.9 Å². The first-order valence-electron chi connectivity index (χ1n) is 7.90. The van der Waals surface area contributed by atoms with E-state index in [0.717, 1.165) is 0 Å². The van der Waals surface area contributed by atoms with Gasteiger partial charge in [-0.15, -0.1) is 0 Å². The summed E-state index contributed by atoms with van der Waals surface area (Å²) in [5, 5.41) is 3.54. The van der Waals surface area contributed by atoms with Gasteiger partial charge in [0.1, 0.15) is 5.60 Å². The number of carbonyl (C=O) groups excluding carboxylic acids is 2. The van der Waals surface area contributed by atoms with Gasteiger partial charge < -0.3 is 15.0 Å². The summed E-state index contributed by atoms with van der Waals surface area (Å²) in [6.45, 7) is 6.49. The molecule has 0 aliphatic carbocycles. The fourth-order valence-corrected chi connectivity index (χ4v) is 2.83. The van der Waals surface area contributed by atoms with Crippen molar-refractivity contribution >= 4 is 40.9 Å². The first-order chi connectivity index (χ1) is 11.2. The van der Waals surface area contributed by atoms with Crippen molar-refractivity contribution in [2.75, 3.05) is 18.4 Å². The number of nitrogens with one attached hydrogen (secondary N) is 1. The Morgan fingerprint density at radius 2 is 1.83 bits per heavy atom. The van der Waals surface area contributed by atoms with Crippen LogP contribution in [0.15, 0.2) is 18.2 Å². The summed E-state index contributed by atoms with van der Waals surface area (Å²) in [5.74, 6) is -0.276. The van der Waals surface area contributed by atoms with Crippen molar-refractivity contribution in [1.29, 1.82) is 0 Å². The summed E-state index contributed by atoms with van der Waals surface area (Å²) >= 11 is 12.0. The molecule has 1 N–H and O–H groups in total. The van der Waals surface area contributed by atoms with Gasteiger partial charge in [-0.1, -0.05) is 29.3 Å². The normalized spacial score (nSPS) is 16.0. The van der Waals surface area contributed by atoms with E-state index in [1.165, 1.54) is 0 Å². The third kappa shape index (κ3) is 5.02. The van der Waals surface area contributed by atoms with Crippen LogP contribution in [0.1, 0.15) is 33.6 Å². The molecule has 132 valence electrons. The Morgan fingerprint density at radius 1 is 1.21 bits per heavy atom. The highest BCUT2D eigenvalue weighted by molar-refractivity contribution is 6.44. The molecule has 5 nitrogen and oxygen atoms in total. The molecule has 1 fully saturated rings. The van der Waals surface area contributed by atoms with Crippen LogP contribution in [0.2, 0.25) is 10.0 Å². The van der Waals surface area contributed by atoms with Gasteiger partial charge in [0.25, 0.3) is 0 Å². The number of halogens is 2. The quantitative estimate of drug-likeness (QED) is 0.826. The molecule has 24 heavy (non-hydrogen) atoms. The van der Waals surface area contributed by atoms with Crippen LogP contribution in [0, 0.1) is 5.92 Å². The Balaban J connectivity index is 1.89. The minimum atomic E-state index is -0.519. The number of ether oxygens (including phenoxy) is 1. The Labute approximate surface area is 152 Å². The number of likely N-dealkylation sites (tertiary alicyclic amines) is 1. The number of benzene rings is 1. The van der Waals surface area contributed by atoms with E-state index in [0.29, 0.717) is 41.7 Å². The zero-order chi connectivity index (χ0) is 17.9. The van der Waals surface area contributed by atoms with E-state index < -0.39 is 5.60 Å². The van der Waals surface area contributed by atoms with Crippen LogP contribution in [-0.2, 0) is 9.53 Å². The van der Waals surface area contributed by atoms with Crippen LogP contribution in [0.3, 0.4) is 0 Å². The van der Waals surface area contributed by atoms with Gasteiger partial charge in [0, 0.05) is 19.0 Å². The molecule has 0 radical (unpaired) electrons. The second-order valence-electron chi connectivity index (χ2n) is 6.83. The maximum absolute atomic E-state index is 12.4. The highest BCUT2D eigenvalue weighted by atomic mass is 35.5. The molecule has 2 rings (SSSR count). The first kappa shape index (κ1) is 18.9. The third-order valence-electron chi connectivity index (χ3n) is 3.73. The number of piperidine rings is 1. The monoisotopic (exact) mass is 372 g/mol. The molecule has 1 saturated heterocycles. The Hall–Kier alpha value is -1.46. The van der Waals surface area contributed by atoms with Gasteiger partial charge in [-0.25, -0.2) is 4.79 Å². The average molecular weight is 373 g/mol. The van der Waals surface area contributed by atoms with E-state index >= 15 is 0 Å². The highest BCUT2D eigenvalue weighted by Crippen LogP contribution is 2.30. The van der Waals surface area contributed by atoms with Gasteiger partial charge in [0.2, 0.25) is 5.91 Å².